The molecule has 2 aromatic carbocycles. The maximum Gasteiger partial charge on any atom is 0.277 e. The van der Waals surface area contributed by atoms with E-state index in [1.165, 1.54) is 4.31 Å². The Morgan fingerprint density at radius 2 is 1.77 bits per heavy atom. The van der Waals surface area contributed by atoms with Crippen molar-refractivity contribution in [1.82, 2.24) is 29.0 Å². The molecule has 0 unspecified atom stereocenters. The summed E-state index contributed by atoms with van der Waals surface area (Å²) in [5.74, 6) is 0.674. The molecule has 4 aromatic rings. The maximum atomic E-state index is 13.5. The van der Waals surface area contributed by atoms with Gasteiger partial charge in [0.25, 0.3) is 5.56 Å². The van der Waals surface area contributed by atoms with Crippen LogP contribution in [0.5, 0.6) is 5.75 Å². The SMILES string of the molecule is CCCc1nn(Cc2ccc(Cl)cc2)c2c(=O)[nH]c(-c3cc(S(=O)(=O)N4CCN(C)CC4)ccc3OCC)nc12. The fourth-order valence-corrected chi connectivity index (χ4v) is 6.45. The molecular weight excluding hydrogens is 552 g/mol. The van der Waals surface area contributed by atoms with Gasteiger partial charge in [-0.3, -0.25) is 9.48 Å². The molecule has 0 bridgehead atoms. The van der Waals surface area contributed by atoms with E-state index < -0.39 is 10.0 Å². The van der Waals surface area contributed by atoms with E-state index in [1.54, 1.807) is 35.0 Å². The molecular formula is C28H33ClN6O4S. The van der Waals surface area contributed by atoms with E-state index >= 15 is 0 Å². The van der Waals surface area contributed by atoms with E-state index in [0.717, 1.165) is 12.0 Å². The fraction of sp³-hybridized carbons (Fsp3) is 0.393. The second kappa shape index (κ2) is 11.7. The van der Waals surface area contributed by atoms with Crippen LogP contribution < -0.4 is 10.3 Å². The molecule has 0 atom stereocenters. The number of rotatable bonds is 9. The first-order chi connectivity index (χ1) is 19.2. The van der Waals surface area contributed by atoms with Gasteiger partial charge in [0, 0.05) is 31.2 Å². The van der Waals surface area contributed by atoms with Crippen molar-refractivity contribution in [3.05, 3.63) is 69.1 Å². The molecule has 5 rings (SSSR count). The van der Waals surface area contributed by atoms with Crippen LogP contribution in [0.1, 0.15) is 31.5 Å². The largest absolute Gasteiger partial charge is 0.493 e. The Morgan fingerprint density at radius 3 is 2.45 bits per heavy atom. The molecule has 1 aliphatic rings. The number of sulfonamides is 1. The van der Waals surface area contributed by atoms with Crippen LogP contribution in [0, 0.1) is 0 Å². The molecule has 212 valence electrons. The number of likely N-dealkylation sites (N-methyl/N-ethyl adjacent to an activating group) is 1. The highest BCUT2D eigenvalue weighted by atomic mass is 35.5. The highest BCUT2D eigenvalue weighted by Crippen LogP contribution is 2.32. The van der Waals surface area contributed by atoms with Gasteiger partial charge >= 0.3 is 0 Å². The van der Waals surface area contributed by atoms with Gasteiger partial charge in [-0.15, -0.1) is 0 Å². The molecule has 10 nitrogen and oxygen atoms in total. The van der Waals surface area contributed by atoms with Crippen LogP contribution in [-0.4, -0.2) is 77.2 Å². The predicted octanol–water partition coefficient (Wildman–Crippen LogP) is 3.78. The third-order valence-electron chi connectivity index (χ3n) is 7.01. The fourth-order valence-electron chi connectivity index (χ4n) is 4.87. The van der Waals surface area contributed by atoms with Gasteiger partial charge in [0.1, 0.15) is 17.1 Å². The van der Waals surface area contributed by atoms with Crippen molar-refractivity contribution in [3.63, 3.8) is 0 Å². The predicted molar refractivity (Wildman–Crippen MR) is 156 cm³/mol. The van der Waals surface area contributed by atoms with Crippen molar-refractivity contribution >= 4 is 32.7 Å². The van der Waals surface area contributed by atoms with Gasteiger partial charge < -0.3 is 14.6 Å². The summed E-state index contributed by atoms with van der Waals surface area (Å²) in [4.78, 5) is 23.5. The average molecular weight is 585 g/mol. The highest BCUT2D eigenvalue weighted by Gasteiger charge is 2.29. The number of nitrogens with one attached hydrogen (secondary N) is 1. The molecule has 12 heteroatoms. The number of benzene rings is 2. The summed E-state index contributed by atoms with van der Waals surface area (Å²) in [5, 5.41) is 5.37. The zero-order chi connectivity index (χ0) is 28.4. The molecule has 1 saturated heterocycles. The molecule has 1 fully saturated rings. The Kier molecular flexibility index (Phi) is 8.27. The van der Waals surface area contributed by atoms with Gasteiger partial charge in [-0.25, -0.2) is 13.4 Å². The summed E-state index contributed by atoms with van der Waals surface area (Å²) in [6, 6.07) is 12.1. The van der Waals surface area contributed by atoms with Crippen molar-refractivity contribution in [1.29, 1.82) is 0 Å². The Hall–Kier alpha value is -3.25. The lowest BCUT2D eigenvalue weighted by atomic mass is 10.1. The Balaban J connectivity index is 1.61. The molecule has 0 amide bonds. The summed E-state index contributed by atoms with van der Waals surface area (Å²) >= 11 is 6.04. The van der Waals surface area contributed by atoms with Crippen molar-refractivity contribution in [2.75, 3.05) is 39.8 Å². The second-order valence-corrected chi connectivity index (χ2v) is 12.3. The summed E-state index contributed by atoms with van der Waals surface area (Å²) in [5.41, 5.74) is 2.55. The lowest BCUT2D eigenvalue weighted by molar-refractivity contribution is 0.222. The first-order valence-corrected chi connectivity index (χ1v) is 15.2. The number of nitrogens with zero attached hydrogens (tertiary/aromatic N) is 5. The van der Waals surface area contributed by atoms with Crippen LogP contribution in [0.4, 0.5) is 0 Å². The number of fused-ring (bicyclic) bond motifs is 1. The quantitative estimate of drug-likeness (QED) is 0.318. The Labute approximate surface area is 238 Å². The number of piperazine rings is 1. The van der Waals surface area contributed by atoms with E-state index in [9.17, 15) is 13.2 Å². The number of halogens is 1. The molecule has 0 spiro atoms. The summed E-state index contributed by atoms with van der Waals surface area (Å²) < 4.78 is 36.0. The molecule has 40 heavy (non-hydrogen) atoms. The van der Waals surface area contributed by atoms with Crippen LogP contribution in [0.25, 0.3) is 22.4 Å². The minimum atomic E-state index is -3.75. The van der Waals surface area contributed by atoms with Crippen molar-refractivity contribution in [2.45, 2.75) is 38.1 Å². The van der Waals surface area contributed by atoms with Crippen LogP contribution in [0.3, 0.4) is 0 Å². The lowest BCUT2D eigenvalue weighted by Crippen LogP contribution is -2.47. The highest BCUT2D eigenvalue weighted by molar-refractivity contribution is 7.89. The standard InChI is InChI=1S/C28H33ClN6O4S/c1-4-6-23-25-26(35(32-23)18-19-7-9-20(29)10-8-19)28(36)31-27(30-25)22-17-21(11-12-24(22)39-5-2)40(37,38)34-15-13-33(3)14-16-34/h7-12,17H,4-6,13-16,18H2,1-3H3,(H,30,31,36). The number of aromatic nitrogens is 4. The van der Waals surface area contributed by atoms with Gasteiger partial charge in [-0.2, -0.15) is 9.40 Å². The van der Waals surface area contributed by atoms with Crippen molar-refractivity contribution < 1.29 is 13.2 Å². The van der Waals surface area contributed by atoms with E-state index in [4.69, 9.17) is 26.4 Å². The summed E-state index contributed by atoms with van der Waals surface area (Å²) in [6.07, 6.45) is 1.45. The van der Waals surface area contributed by atoms with Gasteiger partial charge in [-0.05, 0) is 56.3 Å². The maximum absolute atomic E-state index is 13.5. The molecule has 0 saturated carbocycles. The minimum absolute atomic E-state index is 0.130. The first-order valence-electron chi connectivity index (χ1n) is 13.4. The van der Waals surface area contributed by atoms with Gasteiger partial charge in [0.15, 0.2) is 5.52 Å². The van der Waals surface area contributed by atoms with E-state index in [-0.39, 0.29) is 16.3 Å². The number of hydrogen-bond acceptors (Lipinski definition) is 7. The third-order valence-corrected chi connectivity index (χ3v) is 9.15. The average Bonchev–Trinajstić information content (AvgIpc) is 3.28. The van der Waals surface area contributed by atoms with Crippen molar-refractivity contribution in [3.8, 4) is 17.1 Å². The van der Waals surface area contributed by atoms with Gasteiger partial charge in [0.05, 0.1) is 29.3 Å². The number of aromatic amines is 1. The van der Waals surface area contributed by atoms with Crippen LogP contribution >= 0.6 is 11.6 Å². The molecule has 1 aliphatic heterocycles. The van der Waals surface area contributed by atoms with Crippen molar-refractivity contribution in [2.24, 2.45) is 0 Å². The van der Waals surface area contributed by atoms with Crippen LogP contribution in [0.2, 0.25) is 5.02 Å². The van der Waals surface area contributed by atoms with Crippen LogP contribution in [-0.2, 0) is 23.0 Å². The summed E-state index contributed by atoms with van der Waals surface area (Å²) in [7, 11) is -1.77. The first kappa shape index (κ1) is 28.3. The zero-order valence-corrected chi connectivity index (χ0v) is 24.4. The molecule has 0 radical (unpaired) electrons. The van der Waals surface area contributed by atoms with E-state index in [2.05, 4.69) is 9.88 Å². The normalized spacial score (nSPS) is 15.1. The third kappa shape index (κ3) is 5.64. The monoisotopic (exact) mass is 584 g/mol. The van der Waals surface area contributed by atoms with E-state index in [1.807, 2.05) is 33.0 Å². The second-order valence-electron chi connectivity index (χ2n) is 9.89. The van der Waals surface area contributed by atoms with Gasteiger partial charge in [-0.1, -0.05) is 37.1 Å². The minimum Gasteiger partial charge on any atom is -0.493 e. The van der Waals surface area contributed by atoms with E-state index in [0.29, 0.717) is 78.8 Å². The molecule has 2 aromatic heterocycles. The topological polar surface area (TPSA) is 113 Å². The zero-order valence-electron chi connectivity index (χ0n) is 22.9. The molecule has 1 N–H and O–H groups in total. The number of H-pyrrole nitrogens is 1. The molecule has 3 heterocycles. The number of ether oxygens (including phenoxy) is 1. The van der Waals surface area contributed by atoms with Gasteiger partial charge in [0.2, 0.25) is 10.0 Å². The lowest BCUT2D eigenvalue weighted by Gasteiger charge is -2.31. The Morgan fingerprint density at radius 1 is 1.05 bits per heavy atom. The Bertz CT molecular complexity index is 1680. The summed E-state index contributed by atoms with van der Waals surface area (Å²) in [6.45, 7) is 6.78. The number of aryl methyl sites for hydroxylation is 1. The smallest absolute Gasteiger partial charge is 0.277 e. The number of hydrogen-bond donors (Lipinski definition) is 1. The molecule has 0 aliphatic carbocycles. The van der Waals surface area contributed by atoms with Crippen LogP contribution in [0.15, 0.2) is 52.2 Å².